The van der Waals surface area contributed by atoms with Gasteiger partial charge in [-0.2, -0.15) is 4.98 Å². The van der Waals surface area contributed by atoms with Crippen LogP contribution in [0.5, 0.6) is 0 Å². The zero-order valence-corrected chi connectivity index (χ0v) is 15.4. The Kier molecular flexibility index (Phi) is 4.10. The molecule has 0 aliphatic rings. The minimum atomic E-state index is -0.478. The van der Waals surface area contributed by atoms with Gasteiger partial charge < -0.3 is 14.8 Å². The van der Waals surface area contributed by atoms with E-state index in [9.17, 15) is 4.79 Å². The van der Waals surface area contributed by atoms with Crippen molar-refractivity contribution < 1.29 is 9.32 Å². The van der Waals surface area contributed by atoms with E-state index in [1.54, 1.807) is 0 Å². The number of carbonyl (C=O) groups is 1. The molecule has 0 aliphatic carbocycles. The third kappa shape index (κ3) is 3.26. The van der Waals surface area contributed by atoms with Crippen LogP contribution in [0.2, 0.25) is 0 Å². The Morgan fingerprint density at radius 2 is 2.00 bits per heavy atom. The lowest BCUT2D eigenvalue weighted by atomic mass is 9.95. The first-order valence-corrected chi connectivity index (χ1v) is 8.27. The number of hydrogen-bond acceptors (Lipinski definition) is 5. The summed E-state index contributed by atoms with van der Waals surface area (Å²) in [5.41, 5.74) is 3.20. The van der Waals surface area contributed by atoms with Gasteiger partial charge in [0.1, 0.15) is 11.7 Å². The van der Waals surface area contributed by atoms with Crippen LogP contribution in [0.3, 0.4) is 0 Å². The molecule has 3 heterocycles. The number of pyridine rings is 1. The predicted molar refractivity (Wildman–Crippen MR) is 94.9 cm³/mol. The van der Waals surface area contributed by atoms with Crippen molar-refractivity contribution in [3.05, 3.63) is 29.4 Å². The maximum Gasteiger partial charge on any atom is 0.249 e. The minimum absolute atomic E-state index is 0.0673. The molecule has 2 N–H and O–H groups in total. The van der Waals surface area contributed by atoms with Crippen LogP contribution in [-0.4, -0.2) is 26.0 Å². The second-order valence-corrected chi connectivity index (χ2v) is 7.41. The minimum Gasteiger partial charge on any atom is -0.345 e. The van der Waals surface area contributed by atoms with Crippen molar-refractivity contribution in [1.29, 1.82) is 0 Å². The quantitative estimate of drug-likeness (QED) is 0.760. The third-order valence-corrected chi connectivity index (χ3v) is 4.05. The average molecular weight is 341 g/mol. The van der Waals surface area contributed by atoms with E-state index in [0.717, 1.165) is 27.9 Å². The maximum atomic E-state index is 12.1. The summed E-state index contributed by atoms with van der Waals surface area (Å²) in [5, 5.41) is 7.95. The molecular formula is C18H23N5O2. The Hall–Kier alpha value is -2.70. The highest BCUT2D eigenvalue weighted by Gasteiger charge is 2.25. The number of aromatic nitrogens is 4. The van der Waals surface area contributed by atoms with E-state index in [-0.39, 0.29) is 11.9 Å². The molecule has 0 fully saturated rings. The van der Waals surface area contributed by atoms with E-state index in [2.05, 4.69) is 25.4 Å². The SMILES string of the molecule is Cc1cc(C)c2c(-c3noc(C(C)NC(=O)C(C)(C)C)n3)c[nH]c2n1. The second-order valence-electron chi connectivity index (χ2n) is 7.41. The van der Waals surface area contributed by atoms with Crippen molar-refractivity contribution in [1.82, 2.24) is 25.4 Å². The van der Waals surface area contributed by atoms with Gasteiger partial charge in [-0.3, -0.25) is 4.79 Å². The van der Waals surface area contributed by atoms with E-state index >= 15 is 0 Å². The first kappa shape index (κ1) is 17.1. The van der Waals surface area contributed by atoms with Gasteiger partial charge in [0.25, 0.3) is 0 Å². The zero-order valence-electron chi connectivity index (χ0n) is 15.4. The molecule has 0 aromatic carbocycles. The highest BCUT2D eigenvalue weighted by Crippen LogP contribution is 2.29. The topological polar surface area (TPSA) is 96.7 Å². The number of nitrogens with zero attached hydrogens (tertiary/aromatic N) is 3. The largest absolute Gasteiger partial charge is 0.345 e. The molecule has 0 radical (unpaired) electrons. The number of aromatic amines is 1. The summed E-state index contributed by atoms with van der Waals surface area (Å²) < 4.78 is 5.37. The summed E-state index contributed by atoms with van der Waals surface area (Å²) >= 11 is 0. The lowest BCUT2D eigenvalue weighted by Crippen LogP contribution is -2.36. The van der Waals surface area contributed by atoms with Crippen molar-refractivity contribution in [2.75, 3.05) is 0 Å². The van der Waals surface area contributed by atoms with Gasteiger partial charge in [-0.05, 0) is 32.4 Å². The number of carbonyl (C=O) groups excluding carboxylic acids is 1. The fraction of sp³-hybridized carbons (Fsp3) is 0.444. The molecule has 1 unspecified atom stereocenters. The molecule has 3 rings (SSSR count). The number of amides is 1. The Balaban J connectivity index is 1.91. The standard InChI is InChI=1S/C18H23N5O2/c1-9-7-10(2)20-15-13(9)12(8-19-15)14-22-16(25-23-14)11(3)21-17(24)18(4,5)6/h7-8,11H,1-6H3,(H,19,20)(H,21,24). The summed E-state index contributed by atoms with van der Waals surface area (Å²) in [6, 6.07) is 1.66. The lowest BCUT2D eigenvalue weighted by Gasteiger charge is -2.19. The summed E-state index contributed by atoms with van der Waals surface area (Å²) in [6.45, 7) is 11.4. The molecule has 3 aromatic rings. The molecule has 0 spiro atoms. The molecule has 0 saturated carbocycles. The van der Waals surface area contributed by atoms with Crippen LogP contribution >= 0.6 is 0 Å². The molecule has 3 aromatic heterocycles. The molecule has 7 nitrogen and oxygen atoms in total. The first-order valence-electron chi connectivity index (χ1n) is 8.27. The van der Waals surface area contributed by atoms with Crippen molar-refractivity contribution >= 4 is 16.9 Å². The molecule has 132 valence electrons. The van der Waals surface area contributed by atoms with Crippen LogP contribution < -0.4 is 5.32 Å². The average Bonchev–Trinajstić information content (AvgIpc) is 3.11. The molecule has 0 aliphatic heterocycles. The lowest BCUT2D eigenvalue weighted by molar-refractivity contribution is -0.129. The van der Waals surface area contributed by atoms with E-state index < -0.39 is 5.41 Å². The van der Waals surface area contributed by atoms with Crippen LogP contribution in [0, 0.1) is 19.3 Å². The van der Waals surface area contributed by atoms with Crippen molar-refractivity contribution in [2.45, 2.75) is 47.6 Å². The summed E-state index contributed by atoms with van der Waals surface area (Å²) in [5.74, 6) is 0.786. The normalized spacial score (nSPS) is 13.2. The number of hydrogen-bond donors (Lipinski definition) is 2. The van der Waals surface area contributed by atoms with Gasteiger partial charge >= 0.3 is 0 Å². The number of rotatable bonds is 3. The summed E-state index contributed by atoms with van der Waals surface area (Å²) in [6.07, 6.45) is 1.83. The Bertz CT molecular complexity index is 933. The molecule has 25 heavy (non-hydrogen) atoms. The summed E-state index contributed by atoms with van der Waals surface area (Å²) in [4.78, 5) is 24.2. The van der Waals surface area contributed by atoms with Gasteiger partial charge in [-0.25, -0.2) is 4.98 Å². The maximum absolute atomic E-state index is 12.1. The number of nitrogens with one attached hydrogen (secondary N) is 2. The van der Waals surface area contributed by atoms with Gasteiger partial charge in [0.05, 0.1) is 5.56 Å². The van der Waals surface area contributed by atoms with Gasteiger partial charge in [0.2, 0.25) is 17.6 Å². The Morgan fingerprint density at radius 3 is 2.68 bits per heavy atom. The van der Waals surface area contributed by atoms with Gasteiger partial charge in [0, 0.05) is 22.7 Å². The Morgan fingerprint density at radius 1 is 1.28 bits per heavy atom. The zero-order chi connectivity index (χ0) is 18.4. The number of H-pyrrole nitrogens is 1. The van der Waals surface area contributed by atoms with Crippen molar-refractivity contribution in [2.24, 2.45) is 5.41 Å². The third-order valence-electron chi connectivity index (χ3n) is 4.05. The predicted octanol–water partition coefficient (Wildman–Crippen LogP) is 3.45. The summed E-state index contributed by atoms with van der Waals surface area (Å²) in [7, 11) is 0. The fourth-order valence-electron chi connectivity index (χ4n) is 2.67. The van der Waals surface area contributed by atoms with E-state index in [4.69, 9.17) is 4.52 Å². The van der Waals surface area contributed by atoms with Crippen molar-refractivity contribution in [3.63, 3.8) is 0 Å². The van der Waals surface area contributed by atoms with E-state index in [1.807, 2.05) is 53.8 Å². The molecule has 1 atom stereocenters. The van der Waals surface area contributed by atoms with Crippen LogP contribution in [0.25, 0.3) is 22.4 Å². The highest BCUT2D eigenvalue weighted by atomic mass is 16.5. The number of fused-ring (bicyclic) bond motifs is 1. The van der Waals surface area contributed by atoms with Gasteiger partial charge in [0.15, 0.2) is 0 Å². The molecule has 1 amide bonds. The molecular weight excluding hydrogens is 318 g/mol. The van der Waals surface area contributed by atoms with Crippen LogP contribution in [0.4, 0.5) is 0 Å². The molecule has 0 bridgehead atoms. The fourth-order valence-corrected chi connectivity index (χ4v) is 2.67. The smallest absolute Gasteiger partial charge is 0.249 e. The van der Waals surface area contributed by atoms with Crippen LogP contribution in [0.1, 0.15) is 50.9 Å². The first-order chi connectivity index (χ1) is 11.7. The monoisotopic (exact) mass is 341 g/mol. The van der Waals surface area contributed by atoms with Crippen molar-refractivity contribution in [3.8, 4) is 11.4 Å². The van der Waals surface area contributed by atoms with Crippen LogP contribution in [0.15, 0.2) is 16.8 Å². The van der Waals surface area contributed by atoms with E-state index in [1.165, 1.54) is 0 Å². The molecule has 0 saturated heterocycles. The van der Waals surface area contributed by atoms with Gasteiger partial charge in [-0.1, -0.05) is 25.9 Å². The Labute approximate surface area is 146 Å². The second kappa shape index (κ2) is 5.98. The number of aryl methyl sites for hydroxylation is 2. The highest BCUT2D eigenvalue weighted by molar-refractivity contribution is 5.94. The van der Waals surface area contributed by atoms with Crippen LogP contribution in [-0.2, 0) is 4.79 Å². The molecule has 7 heteroatoms. The van der Waals surface area contributed by atoms with E-state index in [0.29, 0.717) is 11.7 Å². The van der Waals surface area contributed by atoms with Gasteiger partial charge in [-0.15, -0.1) is 0 Å².